The summed E-state index contributed by atoms with van der Waals surface area (Å²) in [4.78, 5) is 7.72. The Morgan fingerprint density at radius 2 is 2.33 bits per heavy atom. The first-order valence-electron chi connectivity index (χ1n) is 2.43. The van der Waals surface area contributed by atoms with Crippen molar-refractivity contribution in [2.45, 2.75) is 0 Å². The second kappa shape index (κ2) is 1.48. The number of imidazole rings is 1. The summed E-state index contributed by atoms with van der Waals surface area (Å²) in [7, 11) is 0. The number of rotatable bonds is 0. The lowest BCUT2D eigenvalue weighted by Gasteiger charge is -1.87. The molecule has 0 saturated carbocycles. The van der Waals surface area contributed by atoms with Gasteiger partial charge in [0.25, 0.3) is 0 Å². The van der Waals surface area contributed by atoms with Gasteiger partial charge in [-0.2, -0.15) is 0 Å². The van der Waals surface area contributed by atoms with Crippen LogP contribution in [0.25, 0.3) is 11.5 Å². The molecule has 2 heterocycles. The van der Waals surface area contributed by atoms with Crippen molar-refractivity contribution in [3.63, 3.8) is 0 Å². The fourth-order valence-electron chi connectivity index (χ4n) is 0.616. The van der Waals surface area contributed by atoms with Gasteiger partial charge in [-0.15, -0.1) is 5.10 Å². The lowest BCUT2D eigenvalue weighted by Crippen LogP contribution is -1.90. The molecule has 0 radical (unpaired) electrons. The molecule has 0 amide bonds. The fraction of sp³-hybridized carbons (Fsp3) is 0. The first-order chi connectivity index (χ1) is 4.47. The molecular weight excluding hydrogens is 118 g/mol. The monoisotopic (exact) mass is 121 g/mol. The van der Waals surface area contributed by atoms with Crippen molar-refractivity contribution in [3.8, 4) is 11.5 Å². The lowest BCUT2D eigenvalue weighted by molar-refractivity contribution is 0.856. The van der Waals surface area contributed by atoms with Crippen LogP contribution in [0.2, 0.25) is 0 Å². The Labute approximate surface area is 50.5 Å². The van der Waals surface area contributed by atoms with E-state index in [1.807, 2.05) is 0 Å². The topological polar surface area (TPSA) is 67.3 Å². The number of hydrogen-bond donors (Lipinski definition) is 1. The van der Waals surface area contributed by atoms with E-state index in [9.17, 15) is 0 Å². The van der Waals surface area contributed by atoms with Gasteiger partial charge in [0.05, 0.1) is 6.20 Å². The highest BCUT2D eigenvalue weighted by Crippen LogP contribution is 2.07. The summed E-state index contributed by atoms with van der Waals surface area (Å²) in [6.45, 7) is 0. The second-order valence-corrected chi connectivity index (χ2v) is 1.56. The van der Waals surface area contributed by atoms with Crippen molar-refractivity contribution in [3.05, 3.63) is 12.5 Å². The van der Waals surface area contributed by atoms with E-state index in [-0.39, 0.29) is 0 Å². The third-order valence-electron chi connectivity index (χ3n) is 1.02. The first-order valence-corrected chi connectivity index (χ1v) is 2.43. The number of nitrogens with zero attached hydrogens (tertiary/aromatic N) is 4. The zero-order valence-corrected chi connectivity index (χ0v) is 4.44. The number of H-pyrrole nitrogens is 1. The highest BCUT2D eigenvalue weighted by molar-refractivity contribution is 5.46. The van der Waals surface area contributed by atoms with Crippen LogP contribution in [0.4, 0.5) is 0 Å². The molecule has 0 spiro atoms. The predicted molar refractivity (Wildman–Crippen MR) is 28.6 cm³/mol. The van der Waals surface area contributed by atoms with Crippen LogP contribution in [0.15, 0.2) is 12.5 Å². The highest BCUT2D eigenvalue weighted by Gasteiger charge is 2.02. The van der Waals surface area contributed by atoms with Crippen LogP contribution >= 0.6 is 0 Å². The first kappa shape index (κ1) is 4.37. The van der Waals surface area contributed by atoms with Crippen LogP contribution in [-0.2, 0) is 0 Å². The fourth-order valence-corrected chi connectivity index (χ4v) is 0.616. The molecule has 0 atom stereocenters. The van der Waals surface area contributed by atoms with Crippen molar-refractivity contribution >= 4 is 0 Å². The van der Waals surface area contributed by atoms with Gasteiger partial charge in [-0.05, 0) is 0 Å². The molecule has 0 aromatic carbocycles. The number of nitrogens with one attached hydrogen (secondary N) is 1. The molecule has 5 nitrogen and oxygen atoms in total. The molecule has 2 rings (SSSR count). The van der Waals surface area contributed by atoms with Crippen molar-refractivity contribution in [2.24, 2.45) is 0 Å². The number of hydrogen-bond acceptors (Lipinski definition) is 4. The molecule has 0 aromatic heterocycles. The molecule has 0 bridgehead atoms. The van der Waals surface area contributed by atoms with Gasteiger partial charge >= 0.3 is 0 Å². The Bertz CT molecular complexity index is 249. The number of fused-ring (bicyclic) bond motifs is 1. The molecule has 5 heteroatoms. The van der Waals surface area contributed by atoms with Crippen LogP contribution in [0.3, 0.4) is 0 Å². The maximum absolute atomic E-state index is 3.87. The highest BCUT2D eigenvalue weighted by atomic mass is 15.3. The van der Waals surface area contributed by atoms with E-state index < -0.39 is 0 Å². The predicted octanol–water partition coefficient (Wildman–Crippen LogP) is -0.301. The Morgan fingerprint density at radius 3 is 3.22 bits per heavy atom. The van der Waals surface area contributed by atoms with Crippen molar-refractivity contribution in [1.82, 2.24) is 25.4 Å². The smallest absolute Gasteiger partial charge is 0.177 e. The summed E-state index contributed by atoms with van der Waals surface area (Å²) in [5.41, 5.74) is 0.741. The minimum atomic E-state index is 0.671. The molecule has 2 aliphatic heterocycles. The molecule has 0 fully saturated rings. The maximum Gasteiger partial charge on any atom is 0.177 e. The van der Waals surface area contributed by atoms with Crippen LogP contribution in [-0.4, -0.2) is 25.4 Å². The van der Waals surface area contributed by atoms with Gasteiger partial charge in [0.2, 0.25) is 0 Å². The van der Waals surface area contributed by atoms with Crippen LogP contribution in [0.5, 0.6) is 0 Å². The van der Waals surface area contributed by atoms with Gasteiger partial charge in [-0.1, -0.05) is 5.21 Å². The molecule has 44 valence electrons. The molecule has 9 heavy (non-hydrogen) atoms. The molecular formula is C4H3N5. The number of aromatic nitrogens is 5. The lowest BCUT2D eigenvalue weighted by atomic mass is 10.5. The Kier molecular flexibility index (Phi) is 0.717. The van der Waals surface area contributed by atoms with Gasteiger partial charge < -0.3 is 0 Å². The molecule has 1 N–H and O–H groups in total. The van der Waals surface area contributed by atoms with E-state index in [0.717, 1.165) is 5.69 Å². The average molecular weight is 121 g/mol. The Morgan fingerprint density at radius 1 is 1.33 bits per heavy atom. The molecule has 0 unspecified atom stereocenters. The van der Waals surface area contributed by atoms with Crippen LogP contribution < -0.4 is 0 Å². The third-order valence-corrected chi connectivity index (χ3v) is 1.02. The summed E-state index contributed by atoms with van der Waals surface area (Å²) in [6, 6.07) is 0. The summed E-state index contributed by atoms with van der Waals surface area (Å²) in [5.74, 6) is 0.671. The second-order valence-electron chi connectivity index (χ2n) is 1.56. The summed E-state index contributed by atoms with van der Waals surface area (Å²) >= 11 is 0. The zero-order chi connectivity index (χ0) is 6.10. The minimum absolute atomic E-state index is 0.671. The average Bonchev–Trinajstić information content (AvgIpc) is 2.33. The van der Waals surface area contributed by atoms with E-state index >= 15 is 0 Å². The van der Waals surface area contributed by atoms with E-state index in [1.165, 1.54) is 6.33 Å². The Balaban J connectivity index is 2.79. The van der Waals surface area contributed by atoms with E-state index in [1.54, 1.807) is 6.20 Å². The van der Waals surface area contributed by atoms with Gasteiger partial charge in [-0.25, -0.2) is 15.1 Å². The van der Waals surface area contributed by atoms with Crippen molar-refractivity contribution in [1.29, 1.82) is 0 Å². The quantitative estimate of drug-likeness (QED) is 0.519. The van der Waals surface area contributed by atoms with Crippen molar-refractivity contribution in [2.75, 3.05) is 0 Å². The molecule has 0 aliphatic carbocycles. The number of aromatic amines is 1. The van der Waals surface area contributed by atoms with Crippen molar-refractivity contribution < 1.29 is 0 Å². The van der Waals surface area contributed by atoms with E-state index in [0.29, 0.717) is 5.82 Å². The summed E-state index contributed by atoms with van der Waals surface area (Å²) < 4.78 is 0. The third kappa shape index (κ3) is 0.543. The molecule has 2 aliphatic rings. The van der Waals surface area contributed by atoms with Gasteiger partial charge in [-0.3, -0.25) is 0 Å². The standard InChI is InChI=1S/C4H3N5/c1-3-4(6-2-5-3)8-9-7-1/h1-2H,(H,5,6,7,8). The van der Waals surface area contributed by atoms with Crippen LogP contribution in [0.1, 0.15) is 0 Å². The molecule has 0 saturated heterocycles. The van der Waals surface area contributed by atoms with Crippen LogP contribution in [0, 0.1) is 0 Å². The zero-order valence-electron chi connectivity index (χ0n) is 4.44. The van der Waals surface area contributed by atoms with Gasteiger partial charge in [0, 0.05) is 0 Å². The summed E-state index contributed by atoms with van der Waals surface area (Å²) in [5, 5.41) is 9.68. The minimum Gasteiger partial charge on any atom is -0.240 e. The normalized spacial score (nSPS) is 10.2. The van der Waals surface area contributed by atoms with Gasteiger partial charge in [0.1, 0.15) is 12.0 Å². The van der Waals surface area contributed by atoms with E-state index in [4.69, 9.17) is 0 Å². The molecule has 0 aromatic rings. The summed E-state index contributed by atoms with van der Waals surface area (Å²) in [6.07, 6.45) is 3.02. The largest absolute Gasteiger partial charge is 0.240 e. The van der Waals surface area contributed by atoms with Gasteiger partial charge in [0.15, 0.2) is 5.82 Å². The maximum atomic E-state index is 3.87. The van der Waals surface area contributed by atoms with E-state index in [2.05, 4.69) is 25.4 Å². The SMILES string of the molecule is c1nc2cnn[nH]c-2n1. The Hall–Kier alpha value is -1.52.